The van der Waals surface area contributed by atoms with Gasteiger partial charge in [0.25, 0.3) is 0 Å². The van der Waals surface area contributed by atoms with Crippen molar-refractivity contribution in [3.05, 3.63) is 64.3 Å². The molecular weight excluding hydrogens is 374 g/mol. The van der Waals surface area contributed by atoms with Crippen LogP contribution in [-0.4, -0.2) is 18.6 Å². The van der Waals surface area contributed by atoms with Crippen LogP contribution in [0.4, 0.5) is 0 Å². The summed E-state index contributed by atoms with van der Waals surface area (Å²) in [5.41, 5.74) is 2.07. The fourth-order valence-electron chi connectivity index (χ4n) is 2.18. The van der Waals surface area contributed by atoms with Gasteiger partial charge in [-0.2, -0.15) is 0 Å². The number of aldehydes is 1. The van der Waals surface area contributed by atoms with Crippen molar-refractivity contribution in [2.75, 3.05) is 7.11 Å². The van der Waals surface area contributed by atoms with Crippen LogP contribution in [0, 0.1) is 0 Å². The summed E-state index contributed by atoms with van der Waals surface area (Å²) in [6, 6.07) is 14.8. The molecule has 122 valence electrons. The number of rotatable bonds is 6. The van der Waals surface area contributed by atoms with Crippen LogP contribution in [0.15, 0.2) is 57.5 Å². The summed E-state index contributed by atoms with van der Waals surface area (Å²) < 4.78 is 17.0. The minimum absolute atomic E-state index is 0.201. The first-order chi connectivity index (χ1) is 11.7. The molecule has 0 aliphatic rings. The second kappa shape index (κ2) is 7.31. The number of carbonyl (C=O) groups is 1. The molecule has 5 nitrogen and oxygen atoms in total. The number of hydrogen-bond donors (Lipinski definition) is 0. The van der Waals surface area contributed by atoms with Crippen LogP contribution in [0.3, 0.4) is 0 Å². The van der Waals surface area contributed by atoms with Crippen molar-refractivity contribution >= 4 is 22.2 Å². The SMILES string of the molecule is COc1cc(Br)c(C=O)cc1OCc1cc(-c2ccccc2)on1. The highest BCUT2D eigenvalue weighted by Crippen LogP contribution is 2.33. The molecule has 0 N–H and O–H groups in total. The van der Waals surface area contributed by atoms with E-state index in [2.05, 4.69) is 21.1 Å². The number of methoxy groups -OCH3 is 1. The van der Waals surface area contributed by atoms with E-state index >= 15 is 0 Å². The molecule has 0 radical (unpaired) electrons. The van der Waals surface area contributed by atoms with Crippen molar-refractivity contribution in [2.45, 2.75) is 6.61 Å². The molecule has 0 aliphatic heterocycles. The first-order valence-corrected chi connectivity index (χ1v) is 7.97. The van der Waals surface area contributed by atoms with Crippen LogP contribution in [0.5, 0.6) is 11.5 Å². The molecule has 0 saturated carbocycles. The maximum Gasteiger partial charge on any atom is 0.167 e. The molecule has 3 rings (SSSR count). The van der Waals surface area contributed by atoms with E-state index in [1.165, 1.54) is 0 Å². The van der Waals surface area contributed by atoms with Gasteiger partial charge in [0.05, 0.1) is 7.11 Å². The Labute approximate surface area is 147 Å². The fourth-order valence-corrected chi connectivity index (χ4v) is 2.60. The Morgan fingerprint density at radius 1 is 1.17 bits per heavy atom. The molecule has 24 heavy (non-hydrogen) atoms. The Morgan fingerprint density at radius 3 is 2.67 bits per heavy atom. The minimum Gasteiger partial charge on any atom is -0.493 e. The van der Waals surface area contributed by atoms with E-state index in [1.54, 1.807) is 19.2 Å². The third-order valence-corrected chi connectivity index (χ3v) is 4.09. The molecule has 0 spiro atoms. The Morgan fingerprint density at radius 2 is 1.96 bits per heavy atom. The van der Waals surface area contributed by atoms with Gasteiger partial charge in [0.15, 0.2) is 23.5 Å². The van der Waals surface area contributed by atoms with Crippen LogP contribution in [0.1, 0.15) is 16.1 Å². The van der Waals surface area contributed by atoms with Gasteiger partial charge in [0.2, 0.25) is 0 Å². The van der Waals surface area contributed by atoms with E-state index in [9.17, 15) is 4.79 Å². The molecule has 0 saturated heterocycles. The van der Waals surface area contributed by atoms with Gasteiger partial charge in [-0.3, -0.25) is 4.79 Å². The van der Waals surface area contributed by atoms with Gasteiger partial charge >= 0.3 is 0 Å². The summed E-state index contributed by atoms with van der Waals surface area (Å²) in [5, 5.41) is 4.00. The van der Waals surface area contributed by atoms with Gasteiger partial charge in [-0.1, -0.05) is 35.5 Å². The molecule has 2 aromatic carbocycles. The van der Waals surface area contributed by atoms with Gasteiger partial charge < -0.3 is 14.0 Å². The van der Waals surface area contributed by atoms with Crippen molar-refractivity contribution in [1.82, 2.24) is 5.16 Å². The molecule has 0 aliphatic carbocycles. The summed E-state index contributed by atoms with van der Waals surface area (Å²) in [7, 11) is 1.54. The summed E-state index contributed by atoms with van der Waals surface area (Å²) in [6.07, 6.45) is 0.750. The Bertz CT molecular complexity index is 845. The summed E-state index contributed by atoms with van der Waals surface area (Å²) in [6.45, 7) is 0.201. The molecule has 0 atom stereocenters. The minimum atomic E-state index is 0.201. The molecule has 0 fully saturated rings. The molecule has 1 aromatic heterocycles. The summed E-state index contributed by atoms with van der Waals surface area (Å²) in [4.78, 5) is 11.1. The lowest BCUT2D eigenvalue weighted by Gasteiger charge is -2.11. The highest BCUT2D eigenvalue weighted by Gasteiger charge is 2.12. The molecular formula is C18H14BrNO4. The van der Waals surface area contributed by atoms with E-state index in [0.717, 1.165) is 11.8 Å². The highest BCUT2D eigenvalue weighted by atomic mass is 79.9. The third kappa shape index (κ3) is 3.49. The zero-order chi connectivity index (χ0) is 16.9. The lowest BCUT2D eigenvalue weighted by Crippen LogP contribution is -1.99. The van der Waals surface area contributed by atoms with Gasteiger partial charge in [-0.15, -0.1) is 0 Å². The van der Waals surface area contributed by atoms with E-state index in [4.69, 9.17) is 14.0 Å². The molecule has 0 bridgehead atoms. The Balaban J connectivity index is 1.77. The number of carbonyl (C=O) groups excluding carboxylic acids is 1. The Kier molecular flexibility index (Phi) is 4.96. The number of ether oxygens (including phenoxy) is 2. The van der Waals surface area contributed by atoms with Gasteiger partial charge in [0, 0.05) is 21.7 Å². The zero-order valence-electron chi connectivity index (χ0n) is 12.9. The van der Waals surface area contributed by atoms with E-state index < -0.39 is 0 Å². The fraction of sp³-hybridized carbons (Fsp3) is 0.111. The molecule has 3 aromatic rings. The van der Waals surface area contributed by atoms with E-state index in [0.29, 0.717) is 33.0 Å². The van der Waals surface area contributed by atoms with Crippen molar-refractivity contribution in [3.63, 3.8) is 0 Å². The van der Waals surface area contributed by atoms with Crippen LogP contribution in [-0.2, 0) is 6.61 Å². The smallest absolute Gasteiger partial charge is 0.167 e. The number of hydrogen-bond acceptors (Lipinski definition) is 5. The number of nitrogens with zero attached hydrogens (tertiary/aromatic N) is 1. The second-order valence-electron chi connectivity index (χ2n) is 4.98. The topological polar surface area (TPSA) is 61.6 Å². The molecule has 1 heterocycles. The lowest BCUT2D eigenvalue weighted by atomic mass is 10.2. The van der Waals surface area contributed by atoms with E-state index in [-0.39, 0.29) is 6.61 Å². The first-order valence-electron chi connectivity index (χ1n) is 7.18. The number of benzene rings is 2. The molecule has 6 heteroatoms. The average Bonchev–Trinajstić information content (AvgIpc) is 3.10. The van der Waals surface area contributed by atoms with Crippen molar-refractivity contribution in [2.24, 2.45) is 0 Å². The highest BCUT2D eigenvalue weighted by molar-refractivity contribution is 9.10. The van der Waals surface area contributed by atoms with Crippen LogP contribution < -0.4 is 9.47 Å². The van der Waals surface area contributed by atoms with Crippen LogP contribution in [0.25, 0.3) is 11.3 Å². The number of aromatic nitrogens is 1. The second-order valence-corrected chi connectivity index (χ2v) is 5.83. The maximum absolute atomic E-state index is 11.1. The van der Waals surface area contributed by atoms with Crippen molar-refractivity contribution < 1.29 is 18.8 Å². The standard InChI is InChI=1S/C18H14BrNO4/c1-22-17-9-15(19)13(10-21)7-18(17)23-11-14-8-16(24-20-14)12-5-3-2-4-6-12/h2-10H,11H2,1H3. The Hall–Kier alpha value is -2.60. The van der Waals surface area contributed by atoms with Crippen molar-refractivity contribution in [1.29, 1.82) is 0 Å². The zero-order valence-corrected chi connectivity index (χ0v) is 14.4. The molecule has 0 unspecified atom stereocenters. The predicted molar refractivity (Wildman–Crippen MR) is 92.4 cm³/mol. The summed E-state index contributed by atoms with van der Waals surface area (Å²) >= 11 is 3.31. The first kappa shape index (κ1) is 16.3. The summed E-state index contributed by atoms with van der Waals surface area (Å²) in [5.74, 6) is 1.66. The third-order valence-electron chi connectivity index (χ3n) is 3.40. The van der Waals surface area contributed by atoms with E-state index in [1.807, 2.05) is 36.4 Å². The van der Waals surface area contributed by atoms with Crippen LogP contribution in [0.2, 0.25) is 0 Å². The predicted octanol–water partition coefficient (Wildman–Crippen LogP) is 4.50. The van der Waals surface area contributed by atoms with Gasteiger partial charge in [-0.05, 0) is 28.1 Å². The monoisotopic (exact) mass is 387 g/mol. The van der Waals surface area contributed by atoms with Gasteiger partial charge in [0.1, 0.15) is 12.3 Å². The average molecular weight is 388 g/mol. The lowest BCUT2D eigenvalue weighted by molar-refractivity contribution is 0.112. The number of halogens is 1. The van der Waals surface area contributed by atoms with Crippen LogP contribution >= 0.6 is 15.9 Å². The normalized spacial score (nSPS) is 10.4. The maximum atomic E-state index is 11.1. The molecule has 0 amide bonds. The van der Waals surface area contributed by atoms with Gasteiger partial charge in [-0.25, -0.2) is 0 Å². The largest absolute Gasteiger partial charge is 0.493 e. The quantitative estimate of drug-likeness (QED) is 0.582. The van der Waals surface area contributed by atoms with Crippen molar-refractivity contribution in [3.8, 4) is 22.8 Å².